The smallest absolute Gasteiger partial charge is 0.333 e. The maximum atomic E-state index is 10.0. The molecule has 0 aliphatic carbocycles. The molecule has 0 saturated heterocycles. The summed E-state index contributed by atoms with van der Waals surface area (Å²) in [5, 5.41) is 4.47. The molecule has 6 heteroatoms. The van der Waals surface area contributed by atoms with Crippen molar-refractivity contribution in [2.45, 2.75) is 0 Å². The average molecular weight is 155 g/mol. The Morgan fingerprint density at radius 3 is 2.33 bits per heavy atom. The molecule has 56 valence electrons. The van der Waals surface area contributed by atoms with Gasteiger partial charge in [-0.05, 0) is 0 Å². The summed E-state index contributed by atoms with van der Waals surface area (Å²) in [6, 6.07) is 0. The van der Waals surface area contributed by atoms with E-state index in [2.05, 4.69) is 14.1 Å². The third kappa shape index (κ3) is 7.83. The largest absolute Gasteiger partial charge is 0.382 e. The molecule has 0 spiro atoms. The van der Waals surface area contributed by atoms with Crippen LogP contribution in [0.15, 0.2) is 0 Å². The van der Waals surface area contributed by atoms with Gasteiger partial charge in [-0.1, -0.05) is 0 Å². The van der Waals surface area contributed by atoms with Crippen molar-refractivity contribution in [3.63, 3.8) is 0 Å². The molecule has 0 unspecified atom stereocenters. The van der Waals surface area contributed by atoms with Crippen LogP contribution in [0.3, 0.4) is 0 Å². The summed E-state index contributed by atoms with van der Waals surface area (Å²) in [6.07, 6.45) is 0. The zero-order chi connectivity index (χ0) is 7.33. The maximum Gasteiger partial charge on any atom is 0.333 e. The number of rotatable bonds is 4. The number of nitrogens with two attached hydrogens (primary N) is 1. The van der Waals surface area contributed by atoms with Crippen molar-refractivity contribution in [1.29, 1.82) is 0 Å². The quantitative estimate of drug-likeness (QED) is 0.520. The minimum atomic E-state index is -3.78. The van der Waals surface area contributed by atoms with Gasteiger partial charge in [0.15, 0.2) is 0 Å². The summed E-state index contributed by atoms with van der Waals surface area (Å²) in [4.78, 5) is 0. The van der Waals surface area contributed by atoms with Crippen molar-refractivity contribution >= 4 is 10.3 Å². The Morgan fingerprint density at radius 1 is 1.44 bits per heavy atom. The van der Waals surface area contributed by atoms with Gasteiger partial charge in [0.1, 0.15) is 0 Å². The van der Waals surface area contributed by atoms with Gasteiger partial charge in [0.2, 0.25) is 0 Å². The maximum absolute atomic E-state index is 10.0. The monoisotopic (exact) mass is 155 g/mol. The second-order valence-electron chi connectivity index (χ2n) is 1.31. The molecule has 0 amide bonds. The molecule has 0 aliphatic rings. The lowest BCUT2D eigenvalue weighted by Crippen LogP contribution is -2.18. The molecule has 0 aliphatic heterocycles. The number of ether oxygens (including phenoxy) is 1. The standard InChI is InChI=1S/C3H9NO4S/c1-7-2-3-8-9(4,5)6/h2-3H2,1H3,(H2,4,5,6). The molecule has 9 heavy (non-hydrogen) atoms. The zero-order valence-corrected chi connectivity index (χ0v) is 5.85. The van der Waals surface area contributed by atoms with Crippen LogP contribution in [0.2, 0.25) is 0 Å². The first kappa shape index (κ1) is 8.83. The molecule has 0 heterocycles. The summed E-state index contributed by atoms with van der Waals surface area (Å²) in [5.41, 5.74) is 0. The van der Waals surface area contributed by atoms with E-state index in [1.807, 2.05) is 0 Å². The molecule has 0 aromatic heterocycles. The Balaban J connectivity index is 3.30. The summed E-state index contributed by atoms with van der Waals surface area (Å²) < 4.78 is 28.6. The minimum Gasteiger partial charge on any atom is -0.382 e. The first-order valence-electron chi connectivity index (χ1n) is 2.22. The zero-order valence-electron chi connectivity index (χ0n) is 5.03. The Hall–Kier alpha value is -0.170. The van der Waals surface area contributed by atoms with Crippen molar-refractivity contribution in [2.24, 2.45) is 5.14 Å². The molecule has 5 nitrogen and oxygen atoms in total. The van der Waals surface area contributed by atoms with E-state index in [4.69, 9.17) is 0 Å². The van der Waals surface area contributed by atoms with Gasteiger partial charge in [-0.3, -0.25) is 4.18 Å². The first-order valence-corrected chi connectivity index (χ1v) is 3.69. The van der Waals surface area contributed by atoms with E-state index < -0.39 is 10.3 Å². The van der Waals surface area contributed by atoms with E-state index in [9.17, 15) is 8.42 Å². The predicted molar refractivity (Wildman–Crippen MR) is 30.9 cm³/mol. The van der Waals surface area contributed by atoms with Crippen molar-refractivity contribution < 1.29 is 17.3 Å². The second-order valence-corrected chi connectivity index (χ2v) is 2.53. The lowest BCUT2D eigenvalue weighted by Gasteiger charge is -1.97. The van der Waals surface area contributed by atoms with Crippen molar-refractivity contribution in [1.82, 2.24) is 0 Å². The Kier molecular flexibility index (Phi) is 3.71. The van der Waals surface area contributed by atoms with Crippen LogP contribution in [0, 0.1) is 0 Å². The molecule has 0 fully saturated rings. The number of hydrogen-bond donors (Lipinski definition) is 1. The fourth-order valence-corrected chi connectivity index (χ4v) is 0.534. The first-order chi connectivity index (χ1) is 4.06. The predicted octanol–water partition coefficient (Wildman–Crippen LogP) is -1.15. The lowest BCUT2D eigenvalue weighted by molar-refractivity contribution is 0.149. The summed E-state index contributed by atoms with van der Waals surface area (Å²) in [5.74, 6) is 0. The van der Waals surface area contributed by atoms with Gasteiger partial charge in [0, 0.05) is 7.11 Å². The van der Waals surface area contributed by atoms with Crippen LogP contribution in [0.25, 0.3) is 0 Å². The fourth-order valence-electron chi connectivity index (χ4n) is 0.234. The highest BCUT2D eigenvalue weighted by molar-refractivity contribution is 7.84. The van der Waals surface area contributed by atoms with E-state index >= 15 is 0 Å². The molecule has 0 aromatic carbocycles. The van der Waals surface area contributed by atoms with Crippen LogP contribution in [0.1, 0.15) is 0 Å². The Morgan fingerprint density at radius 2 is 2.00 bits per heavy atom. The van der Waals surface area contributed by atoms with Gasteiger partial charge in [0.25, 0.3) is 0 Å². The molecular formula is C3H9NO4S. The van der Waals surface area contributed by atoms with Crippen molar-refractivity contribution in [3.05, 3.63) is 0 Å². The highest BCUT2D eigenvalue weighted by atomic mass is 32.2. The van der Waals surface area contributed by atoms with Gasteiger partial charge >= 0.3 is 10.3 Å². The Labute approximate surface area is 54.0 Å². The lowest BCUT2D eigenvalue weighted by atomic mass is 10.8. The third-order valence-corrected chi connectivity index (χ3v) is 1.03. The second kappa shape index (κ2) is 3.78. The van der Waals surface area contributed by atoms with Gasteiger partial charge in [-0.25, -0.2) is 5.14 Å². The highest BCUT2D eigenvalue weighted by Crippen LogP contribution is 1.80. The van der Waals surface area contributed by atoms with Gasteiger partial charge in [0.05, 0.1) is 13.2 Å². The van der Waals surface area contributed by atoms with Crippen LogP contribution in [0.4, 0.5) is 0 Å². The summed E-state index contributed by atoms with van der Waals surface area (Å²) in [7, 11) is -2.34. The van der Waals surface area contributed by atoms with E-state index in [-0.39, 0.29) is 13.2 Å². The third-order valence-electron chi connectivity index (χ3n) is 0.535. The molecule has 0 saturated carbocycles. The van der Waals surface area contributed by atoms with E-state index in [1.165, 1.54) is 7.11 Å². The molecule has 2 N–H and O–H groups in total. The summed E-state index contributed by atoms with van der Waals surface area (Å²) >= 11 is 0. The molecule has 0 bridgehead atoms. The van der Waals surface area contributed by atoms with E-state index in [0.717, 1.165) is 0 Å². The minimum absolute atomic E-state index is 0.0324. The van der Waals surface area contributed by atoms with E-state index in [1.54, 1.807) is 0 Å². The molecule has 0 aromatic rings. The average Bonchev–Trinajstić information content (AvgIpc) is 1.63. The van der Waals surface area contributed by atoms with Crippen LogP contribution in [-0.2, 0) is 19.2 Å². The normalized spacial score (nSPS) is 11.8. The number of methoxy groups -OCH3 is 1. The topological polar surface area (TPSA) is 78.6 Å². The van der Waals surface area contributed by atoms with Gasteiger partial charge in [-0.15, -0.1) is 0 Å². The summed E-state index contributed by atoms with van der Waals surface area (Å²) in [6.45, 7) is 0.186. The fraction of sp³-hybridized carbons (Fsp3) is 1.00. The number of hydrogen-bond acceptors (Lipinski definition) is 4. The Bertz CT molecular complexity index is 151. The molecule has 0 atom stereocenters. The molecular weight excluding hydrogens is 146 g/mol. The van der Waals surface area contributed by atoms with Crippen LogP contribution >= 0.6 is 0 Å². The van der Waals surface area contributed by atoms with Crippen LogP contribution < -0.4 is 5.14 Å². The van der Waals surface area contributed by atoms with Crippen LogP contribution in [-0.4, -0.2) is 28.7 Å². The SMILES string of the molecule is COCCOS(N)(=O)=O. The molecule has 0 radical (unpaired) electrons. The highest BCUT2D eigenvalue weighted by Gasteiger charge is 1.98. The van der Waals surface area contributed by atoms with Crippen molar-refractivity contribution in [3.8, 4) is 0 Å². The van der Waals surface area contributed by atoms with E-state index in [0.29, 0.717) is 0 Å². The van der Waals surface area contributed by atoms with Gasteiger partial charge < -0.3 is 4.74 Å². The van der Waals surface area contributed by atoms with Crippen molar-refractivity contribution in [2.75, 3.05) is 20.3 Å². The molecule has 0 rings (SSSR count). The van der Waals surface area contributed by atoms with Gasteiger partial charge in [-0.2, -0.15) is 8.42 Å². The van der Waals surface area contributed by atoms with Crippen LogP contribution in [0.5, 0.6) is 0 Å².